The Labute approximate surface area is 111 Å². The first-order valence-electron chi connectivity index (χ1n) is 6.69. The molecule has 1 aromatic carbocycles. The summed E-state index contributed by atoms with van der Waals surface area (Å²) in [5.74, 6) is -0.107. The van der Waals surface area contributed by atoms with E-state index in [9.17, 15) is 4.79 Å². The lowest BCUT2D eigenvalue weighted by Crippen LogP contribution is -2.50. The third-order valence-corrected chi connectivity index (χ3v) is 4.44. The summed E-state index contributed by atoms with van der Waals surface area (Å²) in [5.41, 5.74) is 7.24. The second-order valence-electron chi connectivity index (χ2n) is 5.67. The number of amides is 1. The van der Waals surface area contributed by atoms with Gasteiger partial charge in [-0.05, 0) is 18.4 Å². The van der Waals surface area contributed by atoms with E-state index < -0.39 is 6.04 Å². The van der Waals surface area contributed by atoms with E-state index in [2.05, 4.69) is 6.08 Å². The van der Waals surface area contributed by atoms with Crippen LogP contribution in [0.2, 0.25) is 0 Å². The molecule has 19 heavy (non-hydrogen) atoms. The molecule has 4 rings (SSSR count). The molecule has 4 atom stereocenters. The summed E-state index contributed by atoms with van der Waals surface area (Å²) in [6.07, 6.45) is 6.01. The summed E-state index contributed by atoms with van der Waals surface area (Å²) in [4.78, 5) is 18.0. The lowest BCUT2D eigenvalue weighted by Gasteiger charge is -2.32. The van der Waals surface area contributed by atoms with E-state index in [0.717, 1.165) is 12.0 Å². The maximum absolute atomic E-state index is 12.3. The topological polar surface area (TPSA) is 55.6 Å². The van der Waals surface area contributed by atoms with Gasteiger partial charge in [-0.3, -0.25) is 9.63 Å². The zero-order valence-corrected chi connectivity index (χ0v) is 10.5. The molecule has 1 aromatic rings. The van der Waals surface area contributed by atoms with Crippen molar-refractivity contribution < 1.29 is 9.63 Å². The van der Waals surface area contributed by atoms with Gasteiger partial charge in [0.1, 0.15) is 0 Å². The van der Waals surface area contributed by atoms with Gasteiger partial charge in [-0.2, -0.15) is 0 Å². The van der Waals surface area contributed by atoms with Crippen molar-refractivity contribution in [3.8, 4) is 0 Å². The van der Waals surface area contributed by atoms with E-state index in [1.54, 1.807) is 0 Å². The first-order valence-corrected chi connectivity index (χ1v) is 6.69. The summed E-state index contributed by atoms with van der Waals surface area (Å²) < 4.78 is 0. The van der Waals surface area contributed by atoms with Gasteiger partial charge >= 0.3 is 0 Å². The number of rotatable bonds is 3. The number of nitrogens with zero attached hydrogens (tertiary/aromatic N) is 1. The van der Waals surface area contributed by atoms with Gasteiger partial charge in [0.15, 0.2) is 0 Å². The number of hydroxylamine groups is 2. The number of hydrogen-bond donors (Lipinski definition) is 1. The molecule has 2 aliphatic carbocycles. The molecule has 2 N–H and O–H groups in total. The van der Waals surface area contributed by atoms with Gasteiger partial charge in [0.2, 0.25) is 0 Å². The lowest BCUT2D eigenvalue weighted by atomic mass is 9.85. The van der Waals surface area contributed by atoms with Crippen LogP contribution in [0.5, 0.6) is 0 Å². The van der Waals surface area contributed by atoms with Crippen LogP contribution in [0, 0.1) is 5.41 Å². The highest BCUT2D eigenvalue weighted by Crippen LogP contribution is 2.64. The Bertz CT molecular complexity index is 557. The predicted molar refractivity (Wildman–Crippen MR) is 69.8 cm³/mol. The number of benzene rings is 1. The minimum absolute atomic E-state index is 0.107. The maximum atomic E-state index is 12.3. The summed E-state index contributed by atoms with van der Waals surface area (Å²) >= 11 is 0. The van der Waals surface area contributed by atoms with Crippen LogP contribution in [-0.2, 0) is 16.1 Å². The third-order valence-electron chi connectivity index (χ3n) is 4.44. The molecule has 4 nitrogen and oxygen atoms in total. The quantitative estimate of drug-likeness (QED) is 0.822. The van der Waals surface area contributed by atoms with Crippen molar-refractivity contribution >= 4 is 5.91 Å². The Morgan fingerprint density at radius 2 is 2.26 bits per heavy atom. The van der Waals surface area contributed by atoms with Crippen molar-refractivity contribution in [2.75, 3.05) is 0 Å². The highest BCUT2D eigenvalue weighted by molar-refractivity contribution is 5.82. The third kappa shape index (κ3) is 1.50. The molecule has 1 heterocycles. The fourth-order valence-electron chi connectivity index (χ4n) is 3.12. The van der Waals surface area contributed by atoms with Crippen molar-refractivity contribution in [3.63, 3.8) is 0 Å². The average molecular weight is 256 g/mol. The molecule has 4 heteroatoms. The molecule has 1 saturated carbocycles. The second-order valence-corrected chi connectivity index (χ2v) is 5.67. The molecule has 1 saturated heterocycles. The first-order chi connectivity index (χ1) is 9.21. The average Bonchev–Trinajstić information content (AvgIpc) is 3.09. The van der Waals surface area contributed by atoms with Crippen LogP contribution in [-0.4, -0.2) is 29.2 Å². The highest BCUT2D eigenvalue weighted by atomic mass is 16.7. The highest BCUT2D eigenvalue weighted by Gasteiger charge is 2.71. The SMILES string of the molecule is N[C@@H](Cc1ccccc1)C(=O)N1OC2CC23C=CC13. The molecule has 2 fully saturated rings. The van der Waals surface area contributed by atoms with Crippen molar-refractivity contribution in [2.24, 2.45) is 11.1 Å². The summed E-state index contributed by atoms with van der Waals surface area (Å²) in [6.45, 7) is 0. The van der Waals surface area contributed by atoms with Gasteiger partial charge in [-0.1, -0.05) is 42.5 Å². The van der Waals surface area contributed by atoms with Gasteiger partial charge in [0.05, 0.1) is 18.2 Å². The van der Waals surface area contributed by atoms with Crippen LogP contribution >= 0.6 is 0 Å². The monoisotopic (exact) mass is 256 g/mol. The minimum atomic E-state index is -0.536. The molecule has 1 spiro atoms. The predicted octanol–water partition coefficient (Wildman–Crippen LogP) is 1.03. The van der Waals surface area contributed by atoms with Crippen LogP contribution in [0.25, 0.3) is 0 Å². The molecule has 0 aromatic heterocycles. The van der Waals surface area contributed by atoms with E-state index in [-0.39, 0.29) is 23.5 Å². The Hall–Kier alpha value is -1.65. The number of carbonyl (C=O) groups excluding carboxylic acids is 1. The van der Waals surface area contributed by atoms with Gasteiger partial charge in [0, 0.05) is 5.41 Å². The largest absolute Gasteiger partial charge is 0.320 e. The fraction of sp³-hybridized carbons (Fsp3) is 0.400. The van der Waals surface area contributed by atoms with Crippen LogP contribution in [0.1, 0.15) is 12.0 Å². The standard InChI is InChI=1S/C15H16N2O2/c16-11(8-10-4-2-1-3-5-10)14(18)17-12-6-7-15(12)9-13(15)19-17/h1-7,11-13H,8-9,16H2/t11-,12?,13?,15?/m0/s1. The molecule has 1 aliphatic heterocycles. The molecular formula is C15H16N2O2. The molecule has 3 aliphatic rings. The normalized spacial score (nSPS) is 35.3. The Kier molecular flexibility index (Phi) is 2.17. The van der Waals surface area contributed by atoms with Crippen molar-refractivity contribution in [1.82, 2.24) is 5.06 Å². The smallest absolute Gasteiger partial charge is 0.263 e. The molecule has 0 bridgehead atoms. The van der Waals surface area contributed by atoms with Crippen LogP contribution in [0.15, 0.2) is 42.5 Å². The molecule has 1 amide bonds. The van der Waals surface area contributed by atoms with Crippen LogP contribution in [0.3, 0.4) is 0 Å². The minimum Gasteiger partial charge on any atom is -0.320 e. The summed E-state index contributed by atoms with van der Waals surface area (Å²) in [6, 6.07) is 9.42. The van der Waals surface area contributed by atoms with Crippen molar-refractivity contribution in [1.29, 1.82) is 0 Å². The molecule has 3 unspecified atom stereocenters. The maximum Gasteiger partial charge on any atom is 0.263 e. The van der Waals surface area contributed by atoms with E-state index in [1.807, 2.05) is 36.4 Å². The van der Waals surface area contributed by atoms with Gasteiger partial charge in [-0.25, -0.2) is 5.06 Å². The molecule has 98 valence electrons. The zero-order chi connectivity index (χ0) is 13.0. The Morgan fingerprint density at radius 1 is 1.47 bits per heavy atom. The van der Waals surface area contributed by atoms with Crippen molar-refractivity contribution in [3.05, 3.63) is 48.0 Å². The van der Waals surface area contributed by atoms with Gasteiger partial charge in [-0.15, -0.1) is 0 Å². The van der Waals surface area contributed by atoms with Crippen LogP contribution in [0.4, 0.5) is 0 Å². The van der Waals surface area contributed by atoms with Gasteiger partial charge < -0.3 is 5.73 Å². The number of hydrogen-bond acceptors (Lipinski definition) is 3. The Balaban J connectivity index is 1.45. The fourth-order valence-corrected chi connectivity index (χ4v) is 3.12. The molecule has 0 radical (unpaired) electrons. The zero-order valence-electron chi connectivity index (χ0n) is 10.5. The summed E-state index contributed by atoms with van der Waals surface area (Å²) in [5, 5.41) is 1.50. The number of carbonyl (C=O) groups is 1. The Morgan fingerprint density at radius 3 is 2.89 bits per heavy atom. The van der Waals surface area contributed by atoms with E-state index in [4.69, 9.17) is 10.6 Å². The van der Waals surface area contributed by atoms with E-state index in [1.165, 1.54) is 5.06 Å². The second kappa shape index (κ2) is 3.68. The molecular weight excluding hydrogens is 240 g/mol. The van der Waals surface area contributed by atoms with E-state index in [0.29, 0.717) is 6.42 Å². The summed E-state index contributed by atoms with van der Waals surface area (Å²) in [7, 11) is 0. The van der Waals surface area contributed by atoms with Crippen molar-refractivity contribution in [2.45, 2.75) is 31.0 Å². The van der Waals surface area contributed by atoms with Gasteiger partial charge in [0.25, 0.3) is 5.91 Å². The lowest BCUT2D eigenvalue weighted by molar-refractivity contribution is -0.185. The number of nitrogens with two attached hydrogens (primary N) is 1. The first kappa shape index (κ1) is 11.2. The van der Waals surface area contributed by atoms with E-state index >= 15 is 0 Å². The van der Waals surface area contributed by atoms with Crippen LogP contribution < -0.4 is 5.73 Å².